The largest absolute Gasteiger partial charge is 0.381 e. The van der Waals surface area contributed by atoms with Gasteiger partial charge in [-0.25, -0.2) is 4.79 Å². The summed E-state index contributed by atoms with van der Waals surface area (Å²) in [7, 11) is 0. The molecule has 5 N–H and O–H groups in total. The Morgan fingerprint density at radius 2 is 2.19 bits per heavy atom. The zero-order valence-corrected chi connectivity index (χ0v) is 12.9. The monoisotopic (exact) mass is 316 g/mol. The first-order valence-corrected chi connectivity index (χ1v) is 8.48. The lowest BCUT2D eigenvalue weighted by molar-refractivity contribution is -0.121. The average Bonchev–Trinajstić information content (AvgIpc) is 2.98. The van der Waals surface area contributed by atoms with E-state index in [0.717, 1.165) is 18.6 Å². The lowest BCUT2D eigenvalue weighted by Gasteiger charge is -2.16. The summed E-state index contributed by atoms with van der Waals surface area (Å²) in [6, 6.07) is 0.120. The van der Waals surface area contributed by atoms with Crippen LogP contribution in [0.5, 0.6) is 0 Å². The zero-order chi connectivity index (χ0) is 15.1. The van der Waals surface area contributed by atoms with Crippen molar-refractivity contribution in [2.75, 3.05) is 32.1 Å². The highest BCUT2D eigenvalue weighted by Gasteiger charge is 2.43. The number of carbonyl (C=O) groups excluding carboxylic acids is 2. The number of urea groups is 1. The van der Waals surface area contributed by atoms with Gasteiger partial charge in [-0.1, -0.05) is 0 Å². The molecule has 21 heavy (non-hydrogen) atoms. The Kier molecular flexibility index (Phi) is 6.59. The maximum absolute atomic E-state index is 11.9. The Morgan fingerprint density at radius 3 is 3.00 bits per heavy atom. The van der Waals surface area contributed by atoms with Gasteiger partial charge in [-0.05, 0) is 19.4 Å². The van der Waals surface area contributed by atoms with Gasteiger partial charge in [0, 0.05) is 37.2 Å². The molecule has 2 aliphatic heterocycles. The molecule has 2 rings (SSSR count). The molecule has 0 radical (unpaired) electrons. The molecule has 3 amide bonds. The van der Waals surface area contributed by atoms with Crippen LogP contribution in [-0.2, 0) is 9.53 Å². The van der Waals surface area contributed by atoms with Gasteiger partial charge in [0.15, 0.2) is 0 Å². The zero-order valence-electron chi connectivity index (χ0n) is 12.1. The van der Waals surface area contributed by atoms with Crippen molar-refractivity contribution in [3.05, 3.63) is 0 Å². The van der Waals surface area contributed by atoms with Gasteiger partial charge < -0.3 is 26.4 Å². The second kappa shape index (κ2) is 8.45. The van der Waals surface area contributed by atoms with Crippen LogP contribution in [0.2, 0.25) is 0 Å². The second-order valence-corrected chi connectivity index (χ2v) is 6.56. The topological polar surface area (TPSA) is 105 Å². The third kappa shape index (κ3) is 5.05. The van der Waals surface area contributed by atoms with E-state index in [9.17, 15) is 9.59 Å². The average molecular weight is 316 g/mol. The van der Waals surface area contributed by atoms with E-state index in [2.05, 4.69) is 16.0 Å². The fraction of sp³-hybridized carbons (Fsp3) is 0.846. The van der Waals surface area contributed by atoms with Crippen LogP contribution in [0.3, 0.4) is 0 Å². The van der Waals surface area contributed by atoms with E-state index < -0.39 is 0 Å². The number of amides is 3. The van der Waals surface area contributed by atoms with E-state index in [-0.39, 0.29) is 29.3 Å². The minimum atomic E-state index is -0.120. The Hall–Kier alpha value is -0.990. The van der Waals surface area contributed by atoms with E-state index in [4.69, 9.17) is 10.5 Å². The Labute approximate surface area is 129 Å². The molecular weight excluding hydrogens is 292 g/mol. The number of carbonyl (C=O) groups is 2. The summed E-state index contributed by atoms with van der Waals surface area (Å²) in [5, 5.41) is 8.82. The third-order valence-electron chi connectivity index (χ3n) is 3.61. The van der Waals surface area contributed by atoms with Crippen LogP contribution in [0.1, 0.15) is 19.3 Å². The lowest BCUT2D eigenvalue weighted by atomic mass is 10.1. The van der Waals surface area contributed by atoms with Crippen molar-refractivity contribution in [1.29, 1.82) is 0 Å². The van der Waals surface area contributed by atoms with Crippen molar-refractivity contribution in [2.24, 2.45) is 5.73 Å². The molecular formula is C13H24N4O3S. The summed E-state index contributed by atoms with van der Waals surface area (Å²) in [6.07, 6.45) is 2.12. The lowest BCUT2D eigenvalue weighted by Crippen LogP contribution is -2.39. The summed E-state index contributed by atoms with van der Waals surface area (Å²) in [4.78, 5) is 23.1. The summed E-state index contributed by atoms with van der Waals surface area (Å²) < 4.78 is 5.37. The van der Waals surface area contributed by atoms with E-state index in [0.29, 0.717) is 32.7 Å². The van der Waals surface area contributed by atoms with Crippen molar-refractivity contribution in [1.82, 2.24) is 16.0 Å². The first-order chi connectivity index (χ1) is 10.2. The van der Waals surface area contributed by atoms with Gasteiger partial charge in [-0.2, -0.15) is 11.8 Å². The number of ether oxygens (including phenoxy) is 1. The molecule has 120 valence electrons. The molecule has 2 aliphatic rings. The van der Waals surface area contributed by atoms with Gasteiger partial charge >= 0.3 is 6.03 Å². The minimum absolute atomic E-state index is 0.0382. The van der Waals surface area contributed by atoms with E-state index in [1.807, 2.05) is 0 Å². The highest BCUT2D eigenvalue weighted by molar-refractivity contribution is 8.00. The Morgan fingerprint density at radius 1 is 1.38 bits per heavy atom. The van der Waals surface area contributed by atoms with Crippen molar-refractivity contribution < 1.29 is 14.3 Å². The smallest absolute Gasteiger partial charge is 0.315 e. The molecule has 0 bridgehead atoms. The molecule has 0 aliphatic carbocycles. The van der Waals surface area contributed by atoms with Gasteiger partial charge in [0.2, 0.25) is 5.91 Å². The highest BCUT2D eigenvalue weighted by Crippen LogP contribution is 2.31. The van der Waals surface area contributed by atoms with Crippen LogP contribution in [-0.4, -0.2) is 61.3 Å². The van der Waals surface area contributed by atoms with E-state index in [1.54, 1.807) is 11.8 Å². The van der Waals surface area contributed by atoms with Gasteiger partial charge in [0.1, 0.15) is 0 Å². The molecule has 2 heterocycles. The quantitative estimate of drug-likeness (QED) is 0.336. The molecule has 0 aromatic carbocycles. The van der Waals surface area contributed by atoms with Crippen molar-refractivity contribution >= 4 is 23.7 Å². The number of hydrogen-bond acceptors (Lipinski definition) is 5. The maximum Gasteiger partial charge on any atom is 0.315 e. The summed E-state index contributed by atoms with van der Waals surface area (Å²) >= 11 is 1.74. The van der Waals surface area contributed by atoms with Gasteiger partial charge in [-0.15, -0.1) is 0 Å². The molecule has 0 aromatic heterocycles. The fourth-order valence-electron chi connectivity index (χ4n) is 2.51. The molecule has 3 atom stereocenters. The molecule has 0 saturated carbocycles. The number of nitrogens with one attached hydrogen (secondary N) is 3. The van der Waals surface area contributed by atoms with E-state index >= 15 is 0 Å². The number of fused-ring (bicyclic) bond motifs is 1. The number of hydrogen-bond donors (Lipinski definition) is 4. The van der Waals surface area contributed by atoms with Crippen LogP contribution in [0, 0.1) is 0 Å². The SMILES string of the molecule is NCCCOCCCNC(=O)C[C@@H]1SCC2NC(=O)NC21. The minimum Gasteiger partial charge on any atom is -0.381 e. The first kappa shape index (κ1) is 16.4. The molecule has 2 saturated heterocycles. The predicted molar refractivity (Wildman–Crippen MR) is 82.2 cm³/mol. The van der Waals surface area contributed by atoms with Crippen molar-refractivity contribution in [2.45, 2.75) is 36.6 Å². The summed E-state index contributed by atoms with van der Waals surface area (Å²) in [5.41, 5.74) is 5.36. The van der Waals surface area contributed by atoms with Crippen LogP contribution < -0.4 is 21.7 Å². The van der Waals surface area contributed by atoms with Crippen molar-refractivity contribution in [3.8, 4) is 0 Å². The molecule has 2 fully saturated rings. The van der Waals surface area contributed by atoms with Crippen LogP contribution >= 0.6 is 11.8 Å². The number of thioether (sulfide) groups is 1. The molecule has 7 nitrogen and oxygen atoms in total. The van der Waals surface area contributed by atoms with Crippen LogP contribution in [0.4, 0.5) is 4.79 Å². The molecule has 0 spiro atoms. The Bertz CT molecular complexity index is 369. The molecule has 0 aromatic rings. The fourth-order valence-corrected chi connectivity index (χ4v) is 3.99. The summed E-state index contributed by atoms with van der Waals surface area (Å²) in [6.45, 7) is 2.59. The van der Waals surface area contributed by atoms with E-state index in [1.165, 1.54) is 0 Å². The van der Waals surface area contributed by atoms with Gasteiger partial charge in [0.25, 0.3) is 0 Å². The second-order valence-electron chi connectivity index (χ2n) is 5.28. The standard InChI is InChI=1S/C13H24N4O3S/c14-3-1-5-20-6-2-4-15-11(18)7-10-12-9(8-21-10)16-13(19)17-12/h9-10,12H,1-8,14H2,(H,15,18)(H2,16,17,19)/t9?,10-,12?/m0/s1. The summed E-state index contributed by atoms with van der Waals surface area (Å²) in [5.74, 6) is 0.910. The van der Waals surface area contributed by atoms with Crippen molar-refractivity contribution in [3.63, 3.8) is 0 Å². The molecule has 8 heteroatoms. The van der Waals surface area contributed by atoms with Crippen LogP contribution in [0.25, 0.3) is 0 Å². The normalized spacial score (nSPS) is 27.1. The number of rotatable bonds is 9. The molecule has 2 unspecified atom stereocenters. The maximum atomic E-state index is 11.9. The van der Waals surface area contributed by atoms with Gasteiger partial charge in [0.05, 0.1) is 12.1 Å². The third-order valence-corrected chi connectivity index (χ3v) is 5.04. The first-order valence-electron chi connectivity index (χ1n) is 7.44. The van der Waals surface area contributed by atoms with Crippen LogP contribution in [0.15, 0.2) is 0 Å². The number of nitrogens with two attached hydrogens (primary N) is 1. The Balaban J connectivity index is 1.54. The highest BCUT2D eigenvalue weighted by atomic mass is 32.2. The predicted octanol–water partition coefficient (Wildman–Crippen LogP) is -0.586. The van der Waals surface area contributed by atoms with Gasteiger partial charge in [-0.3, -0.25) is 4.79 Å².